The van der Waals surface area contributed by atoms with E-state index >= 15 is 0 Å². The van der Waals surface area contributed by atoms with Gasteiger partial charge < -0.3 is 5.73 Å². The minimum absolute atomic E-state index is 0.448. The fourth-order valence-corrected chi connectivity index (χ4v) is 1.35. The summed E-state index contributed by atoms with van der Waals surface area (Å²) in [7, 11) is 0. The van der Waals surface area contributed by atoms with E-state index in [2.05, 4.69) is 15.3 Å². The molecule has 5 nitrogen and oxygen atoms in total. The molecule has 2 N–H and O–H groups in total. The van der Waals surface area contributed by atoms with Crippen molar-refractivity contribution in [2.75, 3.05) is 0 Å². The van der Waals surface area contributed by atoms with Crippen molar-refractivity contribution < 1.29 is 0 Å². The first kappa shape index (κ1) is 10.8. The third-order valence-corrected chi connectivity index (χ3v) is 2.29. The molecule has 0 saturated heterocycles. The third kappa shape index (κ3) is 2.43. The van der Waals surface area contributed by atoms with Gasteiger partial charge in [0, 0.05) is 12.4 Å². The number of nitrogens with two attached hydrogens (primary N) is 1. The molecule has 0 fully saturated rings. The Kier molecular flexibility index (Phi) is 2.70. The lowest BCUT2D eigenvalue weighted by atomic mass is 10.0. The van der Waals surface area contributed by atoms with Crippen molar-refractivity contribution in [3.8, 4) is 0 Å². The average molecular weight is 217 g/mol. The van der Waals surface area contributed by atoms with E-state index < -0.39 is 5.54 Å². The van der Waals surface area contributed by atoms with Crippen LogP contribution in [0.3, 0.4) is 0 Å². The molecule has 84 valence electrons. The number of pyridine rings is 1. The molecule has 0 bridgehead atoms. The summed E-state index contributed by atoms with van der Waals surface area (Å²) in [5.74, 6) is 0. The standard InChI is InChI=1S/C11H15N5/c1-11(2,12)10-8-16(15-14-10)7-9-3-5-13-6-4-9/h3-6,8H,7,12H2,1-2H3. The second kappa shape index (κ2) is 4.02. The van der Waals surface area contributed by atoms with E-state index in [0.29, 0.717) is 6.54 Å². The van der Waals surface area contributed by atoms with Gasteiger partial charge in [-0.05, 0) is 31.5 Å². The van der Waals surface area contributed by atoms with Crippen molar-refractivity contribution in [1.29, 1.82) is 0 Å². The molecule has 0 amide bonds. The normalized spacial score (nSPS) is 11.7. The molecule has 0 unspecified atom stereocenters. The van der Waals surface area contributed by atoms with E-state index in [4.69, 9.17) is 5.73 Å². The van der Waals surface area contributed by atoms with Gasteiger partial charge in [0.15, 0.2) is 0 Å². The Morgan fingerprint density at radius 2 is 2.00 bits per heavy atom. The number of hydrogen-bond acceptors (Lipinski definition) is 4. The molecule has 0 spiro atoms. The highest BCUT2D eigenvalue weighted by atomic mass is 15.4. The Hall–Kier alpha value is -1.75. The van der Waals surface area contributed by atoms with Crippen LogP contribution in [0.5, 0.6) is 0 Å². The van der Waals surface area contributed by atoms with E-state index in [9.17, 15) is 0 Å². The summed E-state index contributed by atoms with van der Waals surface area (Å²) in [5.41, 5.74) is 7.42. The zero-order valence-electron chi connectivity index (χ0n) is 9.46. The fraction of sp³-hybridized carbons (Fsp3) is 0.364. The molecule has 0 aliphatic heterocycles. The van der Waals surface area contributed by atoms with Gasteiger partial charge in [-0.3, -0.25) is 4.98 Å². The van der Waals surface area contributed by atoms with Crippen molar-refractivity contribution in [3.05, 3.63) is 42.0 Å². The molecule has 16 heavy (non-hydrogen) atoms. The highest BCUT2D eigenvalue weighted by molar-refractivity contribution is 5.11. The number of nitrogens with zero attached hydrogens (tertiary/aromatic N) is 4. The zero-order valence-corrected chi connectivity index (χ0v) is 9.46. The summed E-state index contributed by atoms with van der Waals surface area (Å²) in [6.45, 7) is 4.51. The summed E-state index contributed by atoms with van der Waals surface area (Å²) in [4.78, 5) is 3.97. The van der Waals surface area contributed by atoms with Crippen LogP contribution in [0.4, 0.5) is 0 Å². The molecule has 0 aliphatic rings. The molecule has 2 aromatic heterocycles. The van der Waals surface area contributed by atoms with Crippen molar-refractivity contribution in [2.24, 2.45) is 5.73 Å². The van der Waals surface area contributed by atoms with Crippen molar-refractivity contribution in [1.82, 2.24) is 20.0 Å². The first-order valence-corrected chi connectivity index (χ1v) is 5.14. The molecule has 2 aromatic rings. The van der Waals surface area contributed by atoms with Crippen molar-refractivity contribution in [2.45, 2.75) is 25.9 Å². The summed E-state index contributed by atoms with van der Waals surface area (Å²) in [6.07, 6.45) is 5.40. The second-order valence-corrected chi connectivity index (χ2v) is 4.38. The van der Waals surface area contributed by atoms with Gasteiger partial charge >= 0.3 is 0 Å². The van der Waals surface area contributed by atoms with Crippen LogP contribution in [0.1, 0.15) is 25.1 Å². The van der Waals surface area contributed by atoms with Crippen LogP contribution in [0.2, 0.25) is 0 Å². The van der Waals surface area contributed by atoms with E-state index in [-0.39, 0.29) is 0 Å². The summed E-state index contributed by atoms with van der Waals surface area (Å²) < 4.78 is 1.78. The molecular weight excluding hydrogens is 202 g/mol. The lowest BCUT2D eigenvalue weighted by molar-refractivity contribution is 0.533. The van der Waals surface area contributed by atoms with Gasteiger partial charge in [-0.2, -0.15) is 0 Å². The molecule has 0 aliphatic carbocycles. The van der Waals surface area contributed by atoms with Crippen LogP contribution >= 0.6 is 0 Å². The molecule has 0 atom stereocenters. The maximum Gasteiger partial charge on any atom is 0.102 e. The smallest absolute Gasteiger partial charge is 0.102 e. The SMILES string of the molecule is CC(C)(N)c1cn(Cc2ccncc2)nn1. The lowest BCUT2D eigenvalue weighted by Gasteiger charge is -2.13. The quantitative estimate of drug-likeness (QED) is 0.829. The highest BCUT2D eigenvalue weighted by Crippen LogP contribution is 2.12. The maximum absolute atomic E-state index is 5.94. The summed E-state index contributed by atoms with van der Waals surface area (Å²) in [5, 5.41) is 8.10. The molecule has 0 aromatic carbocycles. The van der Waals surface area contributed by atoms with E-state index in [1.165, 1.54) is 0 Å². The predicted octanol–water partition coefficient (Wildman–Crippen LogP) is 0.915. The van der Waals surface area contributed by atoms with Crippen molar-refractivity contribution >= 4 is 0 Å². The van der Waals surface area contributed by atoms with Crippen molar-refractivity contribution in [3.63, 3.8) is 0 Å². The Morgan fingerprint density at radius 1 is 1.31 bits per heavy atom. The molecule has 0 saturated carbocycles. The third-order valence-electron chi connectivity index (χ3n) is 2.29. The van der Waals surface area contributed by atoms with Gasteiger partial charge in [-0.15, -0.1) is 5.10 Å². The van der Waals surface area contributed by atoms with E-state index in [1.54, 1.807) is 17.1 Å². The molecule has 2 heterocycles. The first-order chi connectivity index (χ1) is 7.55. The maximum atomic E-state index is 5.94. The topological polar surface area (TPSA) is 69.6 Å². The average Bonchev–Trinajstić information content (AvgIpc) is 2.67. The molecule has 0 radical (unpaired) electrons. The van der Waals surface area contributed by atoms with Gasteiger partial charge in [0.1, 0.15) is 5.69 Å². The Labute approximate surface area is 94.3 Å². The lowest BCUT2D eigenvalue weighted by Crippen LogP contribution is -2.29. The Bertz CT molecular complexity index is 455. The van der Waals surface area contributed by atoms with Crippen LogP contribution < -0.4 is 5.73 Å². The number of hydrogen-bond donors (Lipinski definition) is 1. The number of rotatable bonds is 3. The monoisotopic (exact) mass is 217 g/mol. The Balaban J connectivity index is 2.15. The summed E-state index contributed by atoms with van der Waals surface area (Å²) in [6, 6.07) is 3.91. The highest BCUT2D eigenvalue weighted by Gasteiger charge is 2.18. The van der Waals surface area contributed by atoms with Gasteiger partial charge in [0.25, 0.3) is 0 Å². The fourth-order valence-electron chi connectivity index (χ4n) is 1.35. The summed E-state index contributed by atoms with van der Waals surface area (Å²) >= 11 is 0. The van der Waals surface area contributed by atoms with Gasteiger partial charge in [-0.25, -0.2) is 4.68 Å². The minimum Gasteiger partial charge on any atom is -0.320 e. The second-order valence-electron chi connectivity index (χ2n) is 4.38. The number of aromatic nitrogens is 4. The largest absolute Gasteiger partial charge is 0.320 e. The molecule has 5 heteroatoms. The predicted molar refractivity (Wildman–Crippen MR) is 60.6 cm³/mol. The Morgan fingerprint density at radius 3 is 2.56 bits per heavy atom. The molecule has 2 rings (SSSR count). The van der Waals surface area contributed by atoms with E-state index in [0.717, 1.165) is 11.3 Å². The zero-order chi connectivity index (χ0) is 11.6. The van der Waals surface area contributed by atoms with Crippen LogP contribution in [-0.2, 0) is 12.1 Å². The van der Waals surface area contributed by atoms with Crippen LogP contribution in [-0.4, -0.2) is 20.0 Å². The molecular formula is C11H15N5. The van der Waals surface area contributed by atoms with E-state index in [1.807, 2.05) is 32.2 Å². The minimum atomic E-state index is -0.448. The van der Waals surface area contributed by atoms with Crippen LogP contribution in [0.15, 0.2) is 30.7 Å². The van der Waals surface area contributed by atoms with Crippen LogP contribution in [0.25, 0.3) is 0 Å². The van der Waals surface area contributed by atoms with Gasteiger partial charge in [-0.1, -0.05) is 5.21 Å². The first-order valence-electron chi connectivity index (χ1n) is 5.14. The van der Waals surface area contributed by atoms with Gasteiger partial charge in [0.2, 0.25) is 0 Å². The van der Waals surface area contributed by atoms with Gasteiger partial charge in [0.05, 0.1) is 18.3 Å². The van der Waals surface area contributed by atoms with Crippen LogP contribution in [0, 0.1) is 0 Å².